The van der Waals surface area contributed by atoms with E-state index in [1.807, 2.05) is 0 Å². The largest absolute Gasteiger partial charge is 0.351 e. The van der Waals surface area contributed by atoms with Crippen molar-refractivity contribution in [2.75, 3.05) is 6.54 Å². The van der Waals surface area contributed by atoms with E-state index in [2.05, 4.69) is 40.1 Å². The number of hydrogen-bond donors (Lipinski definition) is 1. The summed E-state index contributed by atoms with van der Waals surface area (Å²) in [6.07, 6.45) is 4.04. The predicted molar refractivity (Wildman–Crippen MR) is 73.8 cm³/mol. The van der Waals surface area contributed by atoms with Crippen LogP contribution in [0.4, 0.5) is 0 Å². The zero-order valence-electron chi connectivity index (χ0n) is 9.91. The fourth-order valence-corrected chi connectivity index (χ4v) is 2.57. The molecule has 0 saturated carbocycles. The number of amides is 1. The number of alkyl halides is 1. The van der Waals surface area contributed by atoms with Gasteiger partial charge in [-0.3, -0.25) is 9.78 Å². The summed E-state index contributed by atoms with van der Waals surface area (Å²) >= 11 is 9.42. The Labute approximate surface area is 115 Å². The van der Waals surface area contributed by atoms with Gasteiger partial charge in [0.1, 0.15) is 0 Å². The van der Waals surface area contributed by atoms with Gasteiger partial charge in [0.2, 0.25) is 0 Å². The number of pyridine rings is 1. The molecule has 1 heterocycles. The average Bonchev–Trinajstić information content (AvgIpc) is 2.25. The first-order valence-electron chi connectivity index (χ1n) is 5.52. The third-order valence-electron chi connectivity index (χ3n) is 2.23. The van der Waals surface area contributed by atoms with E-state index < -0.39 is 0 Å². The molecule has 0 aliphatic rings. The minimum Gasteiger partial charge on any atom is -0.351 e. The van der Waals surface area contributed by atoms with E-state index in [4.69, 9.17) is 11.6 Å². The highest BCUT2D eigenvalue weighted by atomic mass is 79.9. The molecule has 0 spiro atoms. The van der Waals surface area contributed by atoms with Gasteiger partial charge in [-0.2, -0.15) is 0 Å². The van der Waals surface area contributed by atoms with Crippen LogP contribution in [0, 0.1) is 5.92 Å². The number of hydrogen-bond acceptors (Lipinski definition) is 2. The summed E-state index contributed by atoms with van der Waals surface area (Å²) in [7, 11) is 0. The zero-order chi connectivity index (χ0) is 12.8. The molecule has 1 unspecified atom stereocenters. The number of halogens is 2. The van der Waals surface area contributed by atoms with Crippen molar-refractivity contribution in [3.63, 3.8) is 0 Å². The summed E-state index contributed by atoms with van der Waals surface area (Å²) in [6, 6.07) is 1.61. The van der Waals surface area contributed by atoms with Gasteiger partial charge in [-0.25, -0.2) is 0 Å². The fraction of sp³-hybridized carbons (Fsp3) is 0.500. The summed E-state index contributed by atoms with van der Waals surface area (Å²) < 4.78 is 0. The topological polar surface area (TPSA) is 42.0 Å². The Morgan fingerprint density at radius 3 is 2.88 bits per heavy atom. The van der Waals surface area contributed by atoms with Crippen molar-refractivity contribution in [3.05, 3.63) is 29.0 Å². The lowest BCUT2D eigenvalue weighted by Gasteiger charge is -2.13. The van der Waals surface area contributed by atoms with Gasteiger partial charge in [-0.15, -0.1) is 0 Å². The van der Waals surface area contributed by atoms with Gasteiger partial charge in [-0.1, -0.05) is 41.4 Å². The Bertz CT molecular complexity index is 385. The molecule has 0 aliphatic carbocycles. The highest BCUT2D eigenvalue weighted by molar-refractivity contribution is 9.09. The zero-order valence-corrected chi connectivity index (χ0v) is 12.3. The Morgan fingerprint density at radius 2 is 2.29 bits per heavy atom. The molecule has 5 heteroatoms. The molecule has 1 aromatic rings. The maximum Gasteiger partial charge on any atom is 0.252 e. The van der Waals surface area contributed by atoms with Crippen LogP contribution in [0.3, 0.4) is 0 Å². The van der Waals surface area contributed by atoms with E-state index in [1.54, 1.807) is 12.3 Å². The van der Waals surface area contributed by atoms with Gasteiger partial charge >= 0.3 is 0 Å². The van der Waals surface area contributed by atoms with Gasteiger partial charge in [0.25, 0.3) is 5.91 Å². The highest BCUT2D eigenvalue weighted by Gasteiger charge is 2.12. The smallest absolute Gasteiger partial charge is 0.252 e. The standard InChI is InChI=1S/C12H16BrClN2O/c1-8(2)5-9(13)6-16-12(17)10-3-4-15-7-11(10)14/h3-4,7-9H,5-6H2,1-2H3,(H,16,17). The van der Waals surface area contributed by atoms with Crippen LogP contribution in [0.2, 0.25) is 5.02 Å². The molecular formula is C12H16BrClN2O. The number of rotatable bonds is 5. The van der Waals surface area contributed by atoms with Gasteiger partial charge in [-0.05, 0) is 18.4 Å². The molecule has 17 heavy (non-hydrogen) atoms. The third-order valence-corrected chi connectivity index (χ3v) is 3.23. The number of aromatic nitrogens is 1. The van der Waals surface area contributed by atoms with E-state index in [9.17, 15) is 4.79 Å². The number of nitrogens with zero attached hydrogens (tertiary/aromatic N) is 1. The Morgan fingerprint density at radius 1 is 1.59 bits per heavy atom. The lowest BCUT2D eigenvalue weighted by atomic mass is 10.1. The molecule has 1 amide bonds. The predicted octanol–water partition coefficient (Wildman–Crippen LogP) is 3.27. The molecule has 1 aromatic heterocycles. The molecule has 1 atom stereocenters. The maximum atomic E-state index is 11.8. The molecule has 0 radical (unpaired) electrons. The lowest BCUT2D eigenvalue weighted by molar-refractivity contribution is 0.0953. The maximum absolute atomic E-state index is 11.8. The Balaban J connectivity index is 2.48. The van der Waals surface area contributed by atoms with Gasteiger partial charge < -0.3 is 5.32 Å². The van der Waals surface area contributed by atoms with Gasteiger partial charge in [0.05, 0.1) is 10.6 Å². The third kappa shape index (κ3) is 5.04. The van der Waals surface area contributed by atoms with Crippen LogP contribution in [0.15, 0.2) is 18.5 Å². The molecule has 0 saturated heterocycles. The van der Waals surface area contributed by atoms with Crippen molar-refractivity contribution >= 4 is 33.4 Å². The molecule has 0 aliphatic heterocycles. The summed E-state index contributed by atoms with van der Waals surface area (Å²) in [5.41, 5.74) is 0.464. The number of carbonyl (C=O) groups excluding carboxylic acids is 1. The van der Waals surface area contributed by atoms with E-state index in [-0.39, 0.29) is 10.7 Å². The lowest BCUT2D eigenvalue weighted by Crippen LogP contribution is -2.30. The summed E-state index contributed by atoms with van der Waals surface area (Å²) in [5.74, 6) is 0.436. The van der Waals surface area contributed by atoms with Crippen LogP contribution in [-0.2, 0) is 0 Å². The molecular weight excluding hydrogens is 304 g/mol. The number of nitrogens with one attached hydrogen (secondary N) is 1. The molecule has 3 nitrogen and oxygen atoms in total. The number of carbonyl (C=O) groups is 1. The minimum absolute atomic E-state index is 0.161. The van der Waals surface area contributed by atoms with Crippen molar-refractivity contribution in [3.8, 4) is 0 Å². The van der Waals surface area contributed by atoms with E-state index in [0.29, 0.717) is 23.0 Å². The molecule has 94 valence electrons. The summed E-state index contributed by atoms with van der Waals surface area (Å²) in [5, 5.41) is 3.22. The SMILES string of the molecule is CC(C)CC(Br)CNC(=O)c1ccncc1Cl. The van der Waals surface area contributed by atoms with Gasteiger partial charge in [0, 0.05) is 23.8 Å². The second-order valence-electron chi connectivity index (χ2n) is 4.29. The Hall–Kier alpha value is -0.610. The van der Waals surface area contributed by atoms with Crippen LogP contribution in [-0.4, -0.2) is 22.3 Å². The summed E-state index contributed by atoms with van der Waals surface area (Å²) in [6.45, 7) is 4.89. The van der Waals surface area contributed by atoms with Crippen LogP contribution in [0.1, 0.15) is 30.6 Å². The van der Waals surface area contributed by atoms with Crippen LogP contribution >= 0.6 is 27.5 Å². The van der Waals surface area contributed by atoms with Crippen LogP contribution < -0.4 is 5.32 Å². The molecule has 0 bridgehead atoms. The first-order valence-corrected chi connectivity index (χ1v) is 6.82. The van der Waals surface area contributed by atoms with Crippen LogP contribution in [0.25, 0.3) is 0 Å². The molecule has 0 fully saturated rings. The molecule has 1 rings (SSSR count). The molecule has 1 N–H and O–H groups in total. The highest BCUT2D eigenvalue weighted by Crippen LogP contribution is 2.14. The first-order chi connectivity index (χ1) is 8.00. The van der Waals surface area contributed by atoms with E-state index >= 15 is 0 Å². The average molecular weight is 320 g/mol. The second-order valence-corrected chi connectivity index (χ2v) is 5.99. The second kappa shape index (κ2) is 6.97. The van der Waals surface area contributed by atoms with Crippen molar-refractivity contribution < 1.29 is 4.79 Å². The Kier molecular flexibility index (Phi) is 5.92. The van der Waals surface area contributed by atoms with E-state index in [0.717, 1.165) is 6.42 Å². The first kappa shape index (κ1) is 14.5. The molecule has 0 aromatic carbocycles. The fourth-order valence-electron chi connectivity index (χ4n) is 1.45. The minimum atomic E-state index is -0.161. The quantitative estimate of drug-likeness (QED) is 0.846. The van der Waals surface area contributed by atoms with Gasteiger partial charge in [0.15, 0.2) is 0 Å². The van der Waals surface area contributed by atoms with Crippen molar-refractivity contribution in [2.45, 2.75) is 25.1 Å². The van der Waals surface area contributed by atoms with Crippen molar-refractivity contribution in [1.29, 1.82) is 0 Å². The summed E-state index contributed by atoms with van der Waals surface area (Å²) in [4.78, 5) is 15.9. The van der Waals surface area contributed by atoms with Crippen molar-refractivity contribution in [2.24, 2.45) is 5.92 Å². The monoisotopic (exact) mass is 318 g/mol. The normalized spacial score (nSPS) is 12.5. The van der Waals surface area contributed by atoms with Crippen LogP contribution in [0.5, 0.6) is 0 Å². The van der Waals surface area contributed by atoms with Crippen molar-refractivity contribution in [1.82, 2.24) is 10.3 Å². The van der Waals surface area contributed by atoms with E-state index in [1.165, 1.54) is 6.20 Å².